The molecule has 4 heteroatoms. The first-order chi connectivity index (χ1) is 10.2. The fourth-order valence-corrected chi connectivity index (χ4v) is 4.36. The van der Waals surface area contributed by atoms with E-state index in [1.807, 2.05) is 23.5 Å². The number of nitrogens with one attached hydrogen (secondary N) is 1. The maximum Gasteiger partial charge on any atom is 0.0408 e. The molecule has 1 N–H and O–H groups in total. The van der Waals surface area contributed by atoms with E-state index in [4.69, 9.17) is 11.6 Å². The van der Waals surface area contributed by atoms with Gasteiger partial charge >= 0.3 is 0 Å². The summed E-state index contributed by atoms with van der Waals surface area (Å²) in [4.78, 5) is 1.45. The first kappa shape index (κ1) is 15.5. The third-order valence-corrected chi connectivity index (χ3v) is 5.75. The molecule has 1 heterocycles. The standard InChI is InChI=1S/C17H19BrClNS/c18-14-9-17(21-11-14)8-13(10-20-16-4-5-16)6-12-2-1-3-15(19)7-12/h1-3,7,9,11,13,16,20H,4-6,8,10H2. The third-order valence-electron chi connectivity index (χ3n) is 3.80. The van der Waals surface area contributed by atoms with Gasteiger partial charge in [0.15, 0.2) is 0 Å². The zero-order valence-electron chi connectivity index (χ0n) is 11.8. The minimum Gasteiger partial charge on any atom is -0.314 e. The van der Waals surface area contributed by atoms with E-state index in [1.165, 1.54) is 27.8 Å². The van der Waals surface area contributed by atoms with Gasteiger partial charge in [0, 0.05) is 25.8 Å². The molecule has 0 saturated heterocycles. The van der Waals surface area contributed by atoms with Gasteiger partial charge in [-0.25, -0.2) is 0 Å². The molecule has 0 bridgehead atoms. The summed E-state index contributed by atoms with van der Waals surface area (Å²) in [5.74, 6) is 0.620. The fraction of sp³-hybridized carbons (Fsp3) is 0.412. The van der Waals surface area contributed by atoms with Crippen LogP contribution >= 0.6 is 38.9 Å². The van der Waals surface area contributed by atoms with Gasteiger partial charge in [-0.1, -0.05) is 23.7 Å². The maximum atomic E-state index is 6.11. The Balaban J connectivity index is 1.65. The minimum absolute atomic E-state index is 0.620. The normalized spacial score (nSPS) is 16.1. The van der Waals surface area contributed by atoms with Crippen molar-refractivity contribution in [1.29, 1.82) is 0 Å². The smallest absolute Gasteiger partial charge is 0.0408 e. The van der Waals surface area contributed by atoms with Crippen LogP contribution in [0, 0.1) is 5.92 Å². The van der Waals surface area contributed by atoms with E-state index >= 15 is 0 Å². The van der Waals surface area contributed by atoms with Crippen LogP contribution in [0.15, 0.2) is 40.2 Å². The highest BCUT2D eigenvalue weighted by atomic mass is 79.9. The number of thiophene rings is 1. The van der Waals surface area contributed by atoms with E-state index in [9.17, 15) is 0 Å². The average molecular weight is 385 g/mol. The van der Waals surface area contributed by atoms with Crippen molar-refractivity contribution in [2.24, 2.45) is 5.92 Å². The van der Waals surface area contributed by atoms with Crippen LogP contribution in [0.25, 0.3) is 0 Å². The predicted molar refractivity (Wildman–Crippen MR) is 95.4 cm³/mol. The Hall–Kier alpha value is -0.350. The Morgan fingerprint density at radius 3 is 2.81 bits per heavy atom. The molecule has 112 valence electrons. The largest absolute Gasteiger partial charge is 0.314 e. The SMILES string of the molecule is Clc1cccc(CC(CNC2CC2)Cc2cc(Br)cs2)c1. The Bertz CT molecular complexity index is 594. The molecule has 1 saturated carbocycles. The van der Waals surface area contributed by atoms with E-state index in [0.717, 1.165) is 30.5 Å². The van der Waals surface area contributed by atoms with Crippen molar-refractivity contribution < 1.29 is 0 Å². The van der Waals surface area contributed by atoms with Crippen molar-refractivity contribution in [2.75, 3.05) is 6.54 Å². The molecule has 1 atom stereocenters. The van der Waals surface area contributed by atoms with Crippen LogP contribution in [-0.2, 0) is 12.8 Å². The first-order valence-electron chi connectivity index (χ1n) is 7.40. The highest BCUT2D eigenvalue weighted by molar-refractivity contribution is 9.10. The van der Waals surface area contributed by atoms with Crippen LogP contribution in [0.1, 0.15) is 23.3 Å². The van der Waals surface area contributed by atoms with E-state index in [2.05, 4.69) is 44.8 Å². The highest BCUT2D eigenvalue weighted by Gasteiger charge is 2.22. The Kier molecular flexibility index (Phi) is 5.38. The molecule has 1 aliphatic rings. The topological polar surface area (TPSA) is 12.0 Å². The maximum absolute atomic E-state index is 6.11. The highest BCUT2D eigenvalue weighted by Crippen LogP contribution is 2.25. The molecule has 3 rings (SSSR count). The molecule has 1 unspecified atom stereocenters. The van der Waals surface area contributed by atoms with Crippen molar-refractivity contribution in [2.45, 2.75) is 31.7 Å². The summed E-state index contributed by atoms with van der Waals surface area (Å²) in [7, 11) is 0. The number of rotatable bonds is 7. The van der Waals surface area contributed by atoms with Gasteiger partial charge in [-0.3, -0.25) is 0 Å². The monoisotopic (exact) mass is 383 g/mol. The van der Waals surface area contributed by atoms with Gasteiger partial charge in [0.2, 0.25) is 0 Å². The van der Waals surface area contributed by atoms with Crippen molar-refractivity contribution in [3.8, 4) is 0 Å². The van der Waals surface area contributed by atoms with E-state index < -0.39 is 0 Å². The van der Waals surface area contributed by atoms with E-state index in [-0.39, 0.29) is 0 Å². The van der Waals surface area contributed by atoms with Gasteiger partial charge in [0.1, 0.15) is 0 Å². The zero-order valence-corrected chi connectivity index (χ0v) is 15.0. The molecular weight excluding hydrogens is 366 g/mol. The molecule has 1 aliphatic carbocycles. The van der Waals surface area contributed by atoms with Crippen LogP contribution < -0.4 is 5.32 Å². The lowest BCUT2D eigenvalue weighted by Crippen LogP contribution is -2.27. The summed E-state index contributed by atoms with van der Waals surface area (Å²) in [6.45, 7) is 1.09. The Labute approximate surface area is 143 Å². The first-order valence-corrected chi connectivity index (χ1v) is 9.45. The quantitative estimate of drug-likeness (QED) is 0.681. The van der Waals surface area contributed by atoms with Gasteiger partial charge in [0.05, 0.1) is 0 Å². The molecule has 1 fully saturated rings. The van der Waals surface area contributed by atoms with Crippen LogP contribution in [0.5, 0.6) is 0 Å². The lowest BCUT2D eigenvalue weighted by molar-refractivity contribution is 0.471. The van der Waals surface area contributed by atoms with Crippen LogP contribution in [0.2, 0.25) is 5.02 Å². The summed E-state index contributed by atoms with van der Waals surface area (Å²) < 4.78 is 1.19. The molecule has 0 radical (unpaired) electrons. The second-order valence-electron chi connectivity index (χ2n) is 5.82. The summed E-state index contributed by atoms with van der Waals surface area (Å²) in [5.41, 5.74) is 1.33. The molecule has 21 heavy (non-hydrogen) atoms. The molecule has 0 aliphatic heterocycles. The molecule has 1 nitrogen and oxygen atoms in total. The fourth-order valence-electron chi connectivity index (χ4n) is 2.58. The number of hydrogen-bond acceptors (Lipinski definition) is 2. The second kappa shape index (κ2) is 7.28. The molecule has 1 aromatic heterocycles. The Morgan fingerprint density at radius 1 is 1.29 bits per heavy atom. The second-order valence-corrected chi connectivity index (χ2v) is 8.17. The van der Waals surface area contributed by atoms with E-state index in [1.54, 1.807) is 0 Å². The molecular formula is C17H19BrClNS. The van der Waals surface area contributed by atoms with Crippen molar-refractivity contribution >= 4 is 38.9 Å². The van der Waals surface area contributed by atoms with Gasteiger partial charge in [-0.15, -0.1) is 11.3 Å². The lowest BCUT2D eigenvalue weighted by atomic mass is 9.95. The molecule has 0 amide bonds. The van der Waals surface area contributed by atoms with Crippen LogP contribution in [-0.4, -0.2) is 12.6 Å². The third kappa shape index (κ3) is 5.10. The van der Waals surface area contributed by atoms with Crippen molar-refractivity contribution in [3.05, 3.63) is 55.6 Å². The summed E-state index contributed by atoms with van der Waals surface area (Å²) >= 11 is 11.5. The molecule has 1 aromatic carbocycles. The average Bonchev–Trinajstić information content (AvgIpc) is 3.19. The molecule has 2 aromatic rings. The van der Waals surface area contributed by atoms with Gasteiger partial charge in [-0.2, -0.15) is 0 Å². The molecule has 0 spiro atoms. The van der Waals surface area contributed by atoms with Gasteiger partial charge in [0.25, 0.3) is 0 Å². The number of benzene rings is 1. The lowest BCUT2D eigenvalue weighted by Gasteiger charge is -2.17. The summed E-state index contributed by atoms with van der Waals surface area (Å²) in [5, 5.41) is 6.68. The van der Waals surface area contributed by atoms with E-state index in [0.29, 0.717) is 5.92 Å². The van der Waals surface area contributed by atoms with Crippen LogP contribution in [0.3, 0.4) is 0 Å². The van der Waals surface area contributed by atoms with Crippen molar-refractivity contribution in [3.63, 3.8) is 0 Å². The summed E-state index contributed by atoms with van der Waals surface area (Å²) in [6.07, 6.45) is 4.89. The number of halogens is 2. The van der Waals surface area contributed by atoms with Crippen molar-refractivity contribution in [1.82, 2.24) is 5.32 Å². The predicted octanol–water partition coefficient (Wildman–Crippen LogP) is 5.32. The number of hydrogen-bond donors (Lipinski definition) is 1. The zero-order chi connectivity index (χ0) is 14.7. The Morgan fingerprint density at radius 2 is 2.14 bits per heavy atom. The van der Waals surface area contributed by atoms with Gasteiger partial charge in [-0.05, 0) is 77.8 Å². The van der Waals surface area contributed by atoms with Gasteiger partial charge < -0.3 is 5.32 Å². The minimum atomic E-state index is 0.620. The van der Waals surface area contributed by atoms with Crippen LogP contribution in [0.4, 0.5) is 0 Å². The summed E-state index contributed by atoms with van der Waals surface area (Å²) in [6, 6.07) is 11.3.